The monoisotopic (exact) mass is 367 g/mol. The van der Waals surface area contributed by atoms with Crippen LogP contribution in [0.15, 0.2) is 65.2 Å². The highest BCUT2D eigenvalue weighted by molar-refractivity contribution is 7.80. The molecule has 1 fully saturated rings. The van der Waals surface area contributed by atoms with E-state index in [4.69, 9.17) is 16.6 Å². The number of benzene rings is 1. The Balaban J connectivity index is 1.71. The summed E-state index contributed by atoms with van der Waals surface area (Å²) in [4.78, 5) is 6.58. The molecule has 132 valence electrons. The fourth-order valence-corrected chi connectivity index (χ4v) is 3.71. The summed E-state index contributed by atoms with van der Waals surface area (Å²) in [5.41, 5.74) is 1.75. The van der Waals surface area contributed by atoms with Crippen LogP contribution < -0.4 is 5.32 Å². The number of halogens is 1. The third kappa shape index (κ3) is 2.97. The van der Waals surface area contributed by atoms with Crippen LogP contribution in [0.3, 0.4) is 0 Å². The van der Waals surface area contributed by atoms with Crippen LogP contribution in [-0.4, -0.2) is 21.5 Å². The van der Waals surface area contributed by atoms with Crippen LogP contribution in [0, 0.1) is 5.82 Å². The molecule has 2 atom stereocenters. The summed E-state index contributed by atoms with van der Waals surface area (Å²) in [6.07, 6.45) is 1.78. The number of hydrogen-bond acceptors (Lipinski definition) is 3. The first-order chi connectivity index (χ1) is 12.7. The normalized spacial score (nSPS) is 19.6. The largest absolute Gasteiger partial charge is 0.459 e. The SMILES string of the molecule is CCN1C(=S)N[C@H](c2ccccn2)[C@H]1c1ccc(-c2ccc(F)cc2)o1. The van der Waals surface area contributed by atoms with Crippen LogP contribution in [0.25, 0.3) is 11.3 Å². The minimum absolute atomic E-state index is 0.0865. The lowest BCUT2D eigenvalue weighted by Crippen LogP contribution is -2.29. The van der Waals surface area contributed by atoms with Gasteiger partial charge in [0.05, 0.1) is 11.7 Å². The van der Waals surface area contributed by atoms with E-state index >= 15 is 0 Å². The molecule has 0 unspecified atom stereocenters. The lowest BCUT2D eigenvalue weighted by atomic mass is 10.0. The Labute approximate surface area is 156 Å². The van der Waals surface area contributed by atoms with E-state index in [0.29, 0.717) is 10.9 Å². The highest BCUT2D eigenvalue weighted by Gasteiger charge is 2.40. The molecule has 0 radical (unpaired) electrons. The molecule has 0 saturated carbocycles. The van der Waals surface area contributed by atoms with Crippen LogP contribution in [-0.2, 0) is 0 Å². The van der Waals surface area contributed by atoms with E-state index in [1.165, 1.54) is 12.1 Å². The molecule has 1 aliphatic heterocycles. The summed E-state index contributed by atoms with van der Waals surface area (Å²) in [7, 11) is 0. The molecule has 0 spiro atoms. The first-order valence-electron chi connectivity index (χ1n) is 8.51. The Morgan fingerprint density at radius 3 is 2.65 bits per heavy atom. The lowest BCUT2D eigenvalue weighted by Gasteiger charge is -2.24. The van der Waals surface area contributed by atoms with Gasteiger partial charge in [0.25, 0.3) is 0 Å². The van der Waals surface area contributed by atoms with Crippen molar-refractivity contribution in [3.8, 4) is 11.3 Å². The summed E-state index contributed by atoms with van der Waals surface area (Å²) in [6, 6.07) is 15.8. The van der Waals surface area contributed by atoms with Gasteiger partial charge in [-0.25, -0.2) is 4.39 Å². The van der Waals surface area contributed by atoms with Gasteiger partial charge in [0.2, 0.25) is 0 Å². The topological polar surface area (TPSA) is 41.3 Å². The van der Waals surface area contributed by atoms with Gasteiger partial charge in [-0.2, -0.15) is 0 Å². The van der Waals surface area contributed by atoms with Crippen molar-refractivity contribution in [1.29, 1.82) is 0 Å². The maximum atomic E-state index is 13.2. The van der Waals surface area contributed by atoms with Crippen LogP contribution in [0.2, 0.25) is 0 Å². The molecule has 4 nitrogen and oxygen atoms in total. The average molecular weight is 367 g/mol. The maximum absolute atomic E-state index is 13.2. The van der Waals surface area contributed by atoms with Gasteiger partial charge in [0.1, 0.15) is 23.4 Å². The van der Waals surface area contributed by atoms with E-state index in [-0.39, 0.29) is 17.9 Å². The second kappa shape index (κ2) is 6.88. The van der Waals surface area contributed by atoms with Crippen molar-refractivity contribution in [1.82, 2.24) is 15.2 Å². The third-order valence-electron chi connectivity index (χ3n) is 4.59. The number of furan rings is 1. The summed E-state index contributed by atoms with van der Waals surface area (Å²) in [5.74, 6) is 1.24. The smallest absolute Gasteiger partial charge is 0.170 e. The second-order valence-electron chi connectivity index (χ2n) is 6.12. The van der Waals surface area contributed by atoms with Crippen LogP contribution >= 0.6 is 12.2 Å². The van der Waals surface area contributed by atoms with Crippen molar-refractivity contribution in [2.24, 2.45) is 0 Å². The molecule has 1 aliphatic rings. The van der Waals surface area contributed by atoms with E-state index in [1.807, 2.05) is 30.3 Å². The minimum Gasteiger partial charge on any atom is -0.459 e. The molecule has 2 aromatic heterocycles. The van der Waals surface area contributed by atoms with Gasteiger partial charge in [-0.3, -0.25) is 4.98 Å². The molecular weight excluding hydrogens is 349 g/mol. The van der Waals surface area contributed by atoms with Crippen molar-refractivity contribution in [2.45, 2.75) is 19.0 Å². The fraction of sp³-hybridized carbons (Fsp3) is 0.200. The summed E-state index contributed by atoms with van der Waals surface area (Å²) >= 11 is 5.51. The van der Waals surface area contributed by atoms with Crippen molar-refractivity contribution >= 4 is 17.3 Å². The van der Waals surface area contributed by atoms with E-state index < -0.39 is 0 Å². The molecule has 4 rings (SSSR count). The van der Waals surface area contributed by atoms with Crippen LogP contribution in [0.5, 0.6) is 0 Å². The van der Waals surface area contributed by atoms with E-state index in [0.717, 1.165) is 23.6 Å². The van der Waals surface area contributed by atoms with Gasteiger partial charge in [0.15, 0.2) is 5.11 Å². The molecule has 1 N–H and O–H groups in total. The summed E-state index contributed by atoms with van der Waals surface area (Å²) in [5, 5.41) is 4.05. The van der Waals surface area contributed by atoms with E-state index in [2.05, 4.69) is 22.1 Å². The predicted octanol–water partition coefficient (Wildman–Crippen LogP) is 4.47. The molecule has 3 heterocycles. The van der Waals surface area contributed by atoms with Gasteiger partial charge in [-0.1, -0.05) is 6.07 Å². The Kier molecular flexibility index (Phi) is 4.42. The van der Waals surface area contributed by atoms with Gasteiger partial charge in [0, 0.05) is 18.3 Å². The first-order valence-corrected chi connectivity index (χ1v) is 8.92. The molecule has 3 aromatic rings. The Hall–Kier alpha value is -2.73. The molecule has 26 heavy (non-hydrogen) atoms. The first kappa shape index (κ1) is 16.7. The number of aromatic nitrogens is 1. The molecule has 1 saturated heterocycles. The maximum Gasteiger partial charge on any atom is 0.170 e. The third-order valence-corrected chi connectivity index (χ3v) is 4.94. The van der Waals surface area contributed by atoms with Crippen LogP contribution in [0.4, 0.5) is 4.39 Å². The van der Waals surface area contributed by atoms with Gasteiger partial charge in [-0.15, -0.1) is 0 Å². The Morgan fingerprint density at radius 1 is 1.15 bits per heavy atom. The van der Waals surface area contributed by atoms with Gasteiger partial charge >= 0.3 is 0 Å². The number of nitrogens with zero attached hydrogens (tertiary/aromatic N) is 2. The molecular formula is C20H18FN3OS. The highest BCUT2D eigenvalue weighted by Crippen LogP contribution is 2.40. The molecule has 0 amide bonds. The number of rotatable bonds is 4. The number of thiocarbonyl (C=S) groups is 1. The minimum atomic E-state index is -0.266. The zero-order chi connectivity index (χ0) is 18.1. The number of nitrogens with one attached hydrogen (secondary N) is 1. The van der Waals surface area contributed by atoms with Gasteiger partial charge < -0.3 is 14.6 Å². The molecule has 0 bridgehead atoms. The lowest BCUT2D eigenvalue weighted by molar-refractivity contribution is 0.284. The van der Waals surface area contributed by atoms with Crippen molar-refractivity contribution in [3.63, 3.8) is 0 Å². The average Bonchev–Trinajstić information content (AvgIpc) is 3.27. The Bertz CT molecular complexity index is 910. The molecule has 6 heteroatoms. The fourth-order valence-electron chi connectivity index (χ4n) is 3.34. The molecule has 0 aliphatic carbocycles. The predicted molar refractivity (Wildman–Crippen MR) is 102 cm³/mol. The molecule has 1 aromatic carbocycles. The number of pyridine rings is 1. The van der Waals surface area contributed by atoms with E-state index in [1.54, 1.807) is 18.3 Å². The van der Waals surface area contributed by atoms with E-state index in [9.17, 15) is 4.39 Å². The standard InChI is InChI=1S/C20H18FN3OS/c1-2-24-19(18(23-20(24)26)15-5-3-4-12-22-15)17-11-10-16(25-17)13-6-8-14(21)9-7-13/h3-12,18-19H,2H2,1H3,(H,23,26)/t18-,19-/m1/s1. The van der Waals surface area contributed by atoms with Crippen molar-refractivity contribution in [2.75, 3.05) is 6.54 Å². The number of hydrogen-bond donors (Lipinski definition) is 1. The van der Waals surface area contributed by atoms with Crippen molar-refractivity contribution < 1.29 is 8.81 Å². The Morgan fingerprint density at radius 2 is 1.96 bits per heavy atom. The van der Waals surface area contributed by atoms with Crippen molar-refractivity contribution in [3.05, 3.63) is 78.1 Å². The van der Waals surface area contributed by atoms with Gasteiger partial charge in [-0.05, 0) is 67.7 Å². The highest BCUT2D eigenvalue weighted by atomic mass is 32.1. The zero-order valence-corrected chi connectivity index (χ0v) is 15.0. The zero-order valence-electron chi connectivity index (χ0n) is 14.2. The van der Waals surface area contributed by atoms with Crippen LogP contribution in [0.1, 0.15) is 30.5 Å². The quantitative estimate of drug-likeness (QED) is 0.689. The summed E-state index contributed by atoms with van der Waals surface area (Å²) < 4.78 is 19.3. The summed E-state index contributed by atoms with van der Waals surface area (Å²) in [6.45, 7) is 2.82. The second-order valence-corrected chi connectivity index (χ2v) is 6.51. The number of likely N-dealkylation sites (N-methyl/N-ethyl adjacent to an activating group) is 1.